The molecule has 5 heteroatoms. The Morgan fingerprint density at radius 3 is 1.94 bits per heavy atom. The van der Waals surface area contributed by atoms with Crippen molar-refractivity contribution in [1.82, 2.24) is 15.0 Å². The number of para-hydroxylation sites is 3. The Morgan fingerprint density at radius 1 is 0.375 bits per heavy atom. The van der Waals surface area contributed by atoms with Gasteiger partial charge in [0.2, 0.25) is 0 Å². The Kier molecular flexibility index (Phi) is 5.81. The van der Waals surface area contributed by atoms with Crippen molar-refractivity contribution in [2.75, 3.05) is 0 Å². The van der Waals surface area contributed by atoms with Gasteiger partial charge >= 0.3 is 0 Å². The number of furan rings is 2. The van der Waals surface area contributed by atoms with Crippen LogP contribution in [0.2, 0.25) is 0 Å². The predicted molar refractivity (Wildman–Crippen MR) is 194 cm³/mol. The largest absolute Gasteiger partial charge is 0.456 e. The lowest BCUT2D eigenvalue weighted by molar-refractivity contribution is 0.668. The summed E-state index contributed by atoms with van der Waals surface area (Å²) in [6.07, 6.45) is 0. The highest BCUT2D eigenvalue weighted by Crippen LogP contribution is 2.43. The number of hydrogen-bond donors (Lipinski definition) is 0. The molecule has 3 heterocycles. The highest BCUT2D eigenvalue weighted by atomic mass is 16.3. The smallest absolute Gasteiger partial charge is 0.167 e. The SMILES string of the molecule is c1ccc(-c2ccc3oc4ccccc4c3c2-c2nc(-c3ccc4ccccc4c3)nc(-c3cccc4c3oc3ccccc34)n2)cc1. The van der Waals surface area contributed by atoms with Gasteiger partial charge in [0, 0.05) is 32.7 Å². The van der Waals surface area contributed by atoms with Gasteiger partial charge in [0.15, 0.2) is 17.5 Å². The fourth-order valence-electron chi connectivity index (χ4n) is 6.90. The first-order valence-electron chi connectivity index (χ1n) is 15.9. The molecule has 7 aromatic carbocycles. The van der Waals surface area contributed by atoms with E-state index in [1.807, 2.05) is 60.7 Å². The normalized spacial score (nSPS) is 11.8. The maximum absolute atomic E-state index is 6.48. The van der Waals surface area contributed by atoms with E-state index in [4.69, 9.17) is 23.8 Å². The maximum Gasteiger partial charge on any atom is 0.167 e. The van der Waals surface area contributed by atoms with E-state index in [-0.39, 0.29) is 0 Å². The maximum atomic E-state index is 6.48. The third-order valence-corrected chi connectivity index (χ3v) is 9.14. The van der Waals surface area contributed by atoms with E-state index in [0.717, 1.165) is 82.5 Å². The van der Waals surface area contributed by atoms with E-state index in [9.17, 15) is 0 Å². The van der Waals surface area contributed by atoms with Crippen molar-refractivity contribution in [3.05, 3.63) is 152 Å². The van der Waals surface area contributed by atoms with Crippen molar-refractivity contribution in [1.29, 1.82) is 0 Å². The summed E-state index contributed by atoms with van der Waals surface area (Å²) in [6, 6.07) is 51.6. The van der Waals surface area contributed by atoms with Crippen molar-refractivity contribution < 1.29 is 8.83 Å². The van der Waals surface area contributed by atoms with Crippen LogP contribution >= 0.6 is 0 Å². The molecule has 3 aromatic heterocycles. The molecule has 0 N–H and O–H groups in total. The summed E-state index contributed by atoms with van der Waals surface area (Å²) < 4.78 is 12.9. The molecule has 0 amide bonds. The molecule has 0 bridgehead atoms. The summed E-state index contributed by atoms with van der Waals surface area (Å²) >= 11 is 0. The standard InChI is InChI=1S/C43H25N3O2/c1-2-12-27(13-3-1)30-23-24-37-38(33-16-7-9-20-36(33)47-37)39(30)43-45-41(29-22-21-26-11-4-5-14-28(26)25-29)44-42(46-43)34-18-10-17-32-31-15-6-8-19-35(31)48-40(32)34/h1-25H. The molecule has 0 aliphatic carbocycles. The average Bonchev–Trinajstić information content (AvgIpc) is 3.73. The number of nitrogens with zero attached hydrogens (tertiary/aromatic N) is 3. The van der Waals surface area contributed by atoms with E-state index >= 15 is 0 Å². The highest BCUT2D eigenvalue weighted by Gasteiger charge is 2.23. The molecule has 5 nitrogen and oxygen atoms in total. The van der Waals surface area contributed by atoms with Crippen molar-refractivity contribution in [3.63, 3.8) is 0 Å². The van der Waals surface area contributed by atoms with Crippen LogP contribution in [0.25, 0.3) is 99.9 Å². The van der Waals surface area contributed by atoms with Crippen LogP contribution in [0, 0.1) is 0 Å². The second-order valence-corrected chi connectivity index (χ2v) is 12.0. The Morgan fingerprint density at radius 2 is 1.06 bits per heavy atom. The quantitative estimate of drug-likeness (QED) is 0.197. The van der Waals surface area contributed by atoms with Crippen LogP contribution < -0.4 is 0 Å². The fourth-order valence-corrected chi connectivity index (χ4v) is 6.90. The first-order chi connectivity index (χ1) is 23.8. The van der Waals surface area contributed by atoms with Crippen LogP contribution in [0.1, 0.15) is 0 Å². The second-order valence-electron chi connectivity index (χ2n) is 12.0. The van der Waals surface area contributed by atoms with Crippen molar-refractivity contribution in [2.24, 2.45) is 0 Å². The predicted octanol–water partition coefficient (Wildman–Crippen LogP) is 11.5. The summed E-state index contributed by atoms with van der Waals surface area (Å²) in [5.74, 6) is 1.68. The van der Waals surface area contributed by atoms with E-state index < -0.39 is 0 Å². The van der Waals surface area contributed by atoms with Crippen LogP contribution in [0.3, 0.4) is 0 Å². The number of benzene rings is 7. The lowest BCUT2D eigenvalue weighted by Gasteiger charge is -2.14. The van der Waals surface area contributed by atoms with Gasteiger partial charge in [-0.2, -0.15) is 0 Å². The van der Waals surface area contributed by atoms with Crippen LogP contribution in [0.15, 0.2) is 160 Å². The van der Waals surface area contributed by atoms with Crippen molar-refractivity contribution in [3.8, 4) is 45.3 Å². The molecule has 0 atom stereocenters. The Hall–Kier alpha value is -6.59. The zero-order chi connectivity index (χ0) is 31.6. The minimum Gasteiger partial charge on any atom is -0.456 e. The monoisotopic (exact) mass is 615 g/mol. The van der Waals surface area contributed by atoms with Crippen LogP contribution in [-0.4, -0.2) is 15.0 Å². The lowest BCUT2D eigenvalue weighted by atomic mass is 9.94. The number of hydrogen-bond acceptors (Lipinski definition) is 5. The fraction of sp³-hybridized carbons (Fsp3) is 0. The lowest BCUT2D eigenvalue weighted by Crippen LogP contribution is -2.02. The van der Waals surface area contributed by atoms with Gasteiger partial charge in [-0.05, 0) is 58.3 Å². The summed E-state index contributed by atoms with van der Waals surface area (Å²) in [7, 11) is 0. The van der Waals surface area contributed by atoms with Crippen molar-refractivity contribution >= 4 is 54.6 Å². The van der Waals surface area contributed by atoms with E-state index in [0.29, 0.717) is 17.5 Å². The van der Waals surface area contributed by atoms with Gasteiger partial charge in [0.05, 0.1) is 5.56 Å². The molecule has 10 rings (SSSR count). The Labute approximate surface area is 274 Å². The molecule has 0 aliphatic heterocycles. The van der Waals surface area contributed by atoms with E-state index in [1.54, 1.807) is 0 Å². The van der Waals surface area contributed by atoms with Crippen molar-refractivity contribution in [2.45, 2.75) is 0 Å². The van der Waals surface area contributed by atoms with Gasteiger partial charge in [0.25, 0.3) is 0 Å². The number of rotatable bonds is 4. The Balaban J connectivity index is 1.32. The van der Waals surface area contributed by atoms with Crippen LogP contribution in [-0.2, 0) is 0 Å². The molecule has 0 fully saturated rings. The molecule has 0 radical (unpaired) electrons. The topological polar surface area (TPSA) is 65.0 Å². The minimum absolute atomic E-state index is 0.539. The average molecular weight is 616 g/mol. The molecule has 224 valence electrons. The summed E-state index contributed by atoms with van der Waals surface area (Å²) in [5.41, 5.74) is 7.84. The Bertz CT molecular complexity index is 2850. The van der Waals surface area contributed by atoms with Crippen LogP contribution in [0.4, 0.5) is 0 Å². The van der Waals surface area contributed by atoms with Gasteiger partial charge in [-0.1, -0.05) is 115 Å². The molecule has 0 saturated heterocycles. The van der Waals surface area contributed by atoms with Gasteiger partial charge < -0.3 is 8.83 Å². The van der Waals surface area contributed by atoms with Crippen LogP contribution in [0.5, 0.6) is 0 Å². The molecular weight excluding hydrogens is 590 g/mol. The minimum atomic E-state index is 0.539. The summed E-state index contributed by atoms with van der Waals surface area (Å²) in [5, 5.41) is 6.32. The first kappa shape index (κ1) is 26.6. The highest BCUT2D eigenvalue weighted by molar-refractivity contribution is 6.15. The molecule has 0 saturated carbocycles. The van der Waals surface area contributed by atoms with Gasteiger partial charge in [0.1, 0.15) is 22.3 Å². The van der Waals surface area contributed by atoms with E-state index in [1.165, 1.54) is 0 Å². The molecule has 0 spiro atoms. The summed E-state index contributed by atoms with van der Waals surface area (Å²) in [4.78, 5) is 15.7. The number of aromatic nitrogens is 3. The molecule has 48 heavy (non-hydrogen) atoms. The zero-order valence-electron chi connectivity index (χ0n) is 25.6. The molecule has 0 aliphatic rings. The van der Waals surface area contributed by atoms with E-state index in [2.05, 4.69) is 91.0 Å². The van der Waals surface area contributed by atoms with Gasteiger partial charge in [-0.25, -0.2) is 15.0 Å². The molecule has 10 aromatic rings. The second kappa shape index (κ2) is 10.5. The zero-order valence-corrected chi connectivity index (χ0v) is 25.6. The molecule has 0 unspecified atom stereocenters. The summed E-state index contributed by atoms with van der Waals surface area (Å²) in [6.45, 7) is 0. The first-order valence-corrected chi connectivity index (χ1v) is 15.9. The van der Waals surface area contributed by atoms with Gasteiger partial charge in [-0.15, -0.1) is 0 Å². The number of fused-ring (bicyclic) bond motifs is 7. The third-order valence-electron chi connectivity index (χ3n) is 9.14. The molecular formula is C43H25N3O2. The van der Waals surface area contributed by atoms with Gasteiger partial charge in [-0.3, -0.25) is 0 Å². The third kappa shape index (κ3) is 4.15.